The highest BCUT2D eigenvalue weighted by atomic mass is 35.5. The van der Waals surface area contributed by atoms with Crippen molar-refractivity contribution in [2.75, 3.05) is 12.4 Å². The molecule has 4 aromatic carbocycles. The minimum Gasteiger partial charge on any atom is -0.493 e. The molecule has 43 heavy (non-hydrogen) atoms. The molecule has 216 valence electrons. The average molecular weight is 614 g/mol. The number of hydrogen-bond donors (Lipinski definition) is 2. The number of carbonyl (C=O) groups is 1. The van der Waals surface area contributed by atoms with Gasteiger partial charge in [-0.3, -0.25) is 14.9 Å². The van der Waals surface area contributed by atoms with E-state index in [1.165, 1.54) is 36.8 Å². The van der Waals surface area contributed by atoms with Gasteiger partial charge < -0.3 is 14.8 Å². The second-order valence-corrected chi connectivity index (χ2v) is 10.3. The summed E-state index contributed by atoms with van der Waals surface area (Å²) in [5.74, 6) is 0.294. The van der Waals surface area contributed by atoms with Crippen molar-refractivity contribution in [3.63, 3.8) is 0 Å². The van der Waals surface area contributed by atoms with Gasteiger partial charge in [-0.2, -0.15) is 5.10 Å². The number of benzene rings is 4. The highest BCUT2D eigenvalue weighted by Crippen LogP contribution is 2.36. The van der Waals surface area contributed by atoms with E-state index in [1.54, 1.807) is 36.4 Å². The molecule has 5 rings (SSSR count). The Bertz CT molecular complexity index is 1760. The number of hydrogen-bond acceptors (Lipinski definition) is 9. The molecule has 12 heteroatoms. The van der Waals surface area contributed by atoms with E-state index in [9.17, 15) is 14.9 Å². The van der Waals surface area contributed by atoms with Crippen LogP contribution in [0.15, 0.2) is 101 Å². The van der Waals surface area contributed by atoms with Crippen LogP contribution in [0, 0.1) is 10.1 Å². The molecule has 10 nitrogen and oxygen atoms in total. The Balaban J connectivity index is 1.18. The highest BCUT2D eigenvalue weighted by Gasteiger charge is 2.13. The van der Waals surface area contributed by atoms with Crippen LogP contribution in [-0.4, -0.2) is 29.1 Å². The Morgan fingerprint density at radius 3 is 2.51 bits per heavy atom. The molecule has 0 aliphatic heterocycles. The SMILES string of the molecule is COc1cc(/C=N\NC(=O)c2ccc(-c3csc(Nc4ccccc4)n3)cc2)cc(Cl)c1OCc1ccc([N+](=O)[O-])cc1. The molecule has 0 atom stereocenters. The van der Waals surface area contributed by atoms with Crippen LogP contribution in [-0.2, 0) is 6.61 Å². The number of aromatic nitrogens is 1. The molecule has 1 heterocycles. The fourth-order valence-electron chi connectivity index (χ4n) is 3.95. The molecule has 0 aliphatic carbocycles. The maximum absolute atomic E-state index is 12.7. The van der Waals surface area contributed by atoms with Crippen molar-refractivity contribution < 1.29 is 19.2 Å². The number of amides is 1. The standard InChI is InChI=1S/C31H24ClN5O5S/c1-41-28-16-21(15-26(32)29(28)42-18-20-7-13-25(14-8-20)37(39)40)17-33-36-30(38)23-11-9-22(10-12-23)27-19-43-31(35-27)34-24-5-3-2-4-6-24/h2-17,19H,18H2,1H3,(H,34,35)(H,36,38)/b33-17-. The van der Waals surface area contributed by atoms with Gasteiger partial charge in [-0.25, -0.2) is 10.4 Å². The van der Waals surface area contributed by atoms with Crippen LogP contribution in [0.2, 0.25) is 5.02 Å². The zero-order valence-electron chi connectivity index (χ0n) is 22.7. The number of para-hydroxylation sites is 1. The Morgan fingerprint density at radius 1 is 1.07 bits per heavy atom. The summed E-state index contributed by atoms with van der Waals surface area (Å²) in [6, 6.07) is 26.2. The van der Waals surface area contributed by atoms with Gasteiger partial charge in [0.15, 0.2) is 16.6 Å². The fourth-order valence-corrected chi connectivity index (χ4v) is 4.97. The quantitative estimate of drug-likeness (QED) is 0.0898. The molecule has 0 aliphatic rings. The topological polar surface area (TPSA) is 128 Å². The molecule has 5 aromatic rings. The van der Waals surface area contributed by atoms with Crippen molar-refractivity contribution in [2.24, 2.45) is 5.10 Å². The summed E-state index contributed by atoms with van der Waals surface area (Å²) in [5.41, 5.74) is 6.89. The van der Waals surface area contributed by atoms with Crippen LogP contribution >= 0.6 is 22.9 Å². The third-order valence-electron chi connectivity index (χ3n) is 6.13. The lowest BCUT2D eigenvalue weighted by Gasteiger charge is -2.13. The number of thiazole rings is 1. The predicted octanol–water partition coefficient (Wildman–Crippen LogP) is 7.47. The Labute approximate surface area is 255 Å². The molecule has 1 amide bonds. The predicted molar refractivity (Wildman–Crippen MR) is 168 cm³/mol. The van der Waals surface area contributed by atoms with Gasteiger partial charge in [0.05, 0.1) is 29.0 Å². The second-order valence-electron chi connectivity index (χ2n) is 9.05. The van der Waals surface area contributed by atoms with Gasteiger partial charge in [0.2, 0.25) is 0 Å². The lowest BCUT2D eigenvalue weighted by Crippen LogP contribution is -2.17. The largest absolute Gasteiger partial charge is 0.493 e. The van der Waals surface area contributed by atoms with Crippen LogP contribution in [0.5, 0.6) is 11.5 Å². The smallest absolute Gasteiger partial charge is 0.271 e. The van der Waals surface area contributed by atoms with Crippen molar-refractivity contribution in [3.05, 3.63) is 128 Å². The molecular formula is C31H24ClN5O5S. The molecule has 0 spiro atoms. The first-order valence-electron chi connectivity index (χ1n) is 12.8. The zero-order valence-corrected chi connectivity index (χ0v) is 24.3. The first-order valence-corrected chi connectivity index (χ1v) is 14.1. The van der Waals surface area contributed by atoms with E-state index in [-0.39, 0.29) is 23.2 Å². The monoisotopic (exact) mass is 613 g/mol. The lowest BCUT2D eigenvalue weighted by molar-refractivity contribution is -0.384. The van der Waals surface area contributed by atoms with Gasteiger partial charge in [-0.05, 0) is 59.7 Å². The van der Waals surface area contributed by atoms with E-state index >= 15 is 0 Å². The van der Waals surface area contributed by atoms with E-state index in [4.69, 9.17) is 21.1 Å². The van der Waals surface area contributed by atoms with Crippen LogP contribution in [0.3, 0.4) is 0 Å². The molecule has 1 aromatic heterocycles. The van der Waals surface area contributed by atoms with Gasteiger partial charge in [0.25, 0.3) is 11.6 Å². The number of nitro benzene ring substituents is 1. The summed E-state index contributed by atoms with van der Waals surface area (Å²) < 4.78 is 11.2. The van der Waals surface area contributed by atoms with Crippen LogP contribution in [0.4, 0.5) is 16.5 Å². The summed E-state index contributed by atoms with van der Waals surface area (Å²) in [7, 11) is 1.48. The van der Waals surface area contributed by atoms with E-state index in [0.29, 0.717) is 22.6 Å². The van der Waals surface area contributed by atoms with Crippen molar-refractivity contribution in [1.82, 2.24) is 10.4 Å². The summed E-state index contributed by atoms with van der Waals surface area (Å²) in [6.07, 6.45) is 1.44. The third-order valence-corrected chi connectivity index (χ3v) is 7.17. The Kier molecular flexibility index (Phi) is 9.25. The number of nitro groups is 1. The molecule has 0 bridgehead atoms. The molecular weight excluding hydrogens is 590 g/mol. The first-order chi connectivity index (χ1) is 20.9. The van der Waals surface area contributed by atoms with E-state index in [1.807, 2.05) is 47.8 Å². The second kappa shape index (κ2) is 13.6. The maximum atomic E-state index is 12.7. The van der Waals surface area contributed by atoms with Gasteiger partial charge in [0.1, 0.15) is 6.61 Å². The lowest BCUT2D eigenvalue weighted by atomic mass is 10.1. The number of carbonyl (C=O) groups excluding carboxylic acids is 1. The molecule has 2 N–H and O–H groups in total. The number of rotatable bonds is 11. The van der Waals surface area contributed by atoms with E-state index < -0.39 is 4.92 Å². The molecule has 0 saturated heterocycles. The summed E-state index contributed by atoms with van der Waals surface area (Å²) in [4.78, 5) is 27.7. The molecule has 0 unspecified atom stereocenters. The minimum absolute atomic E-state index is 0.00577. The first kappa shape index (κ1) is 29.2. The summed E-state index contributed by atoms with van der Waals surface area (Å²) in [6.45, 7) is 0.130. The third kappa shape index (κ3) is 7.53. The highest BCUT2D eigenvalue weighted by molar-refractivity contribution is 7.14. The number of hydrazone groups is 1. The normalized spacial score (nSPS) is 10.8. The Hall–Kier alpha value is -5.26. The number of nitrogens with zero attached hydrogens (tertiary/aromatic N) is 3. The maximum Gasteiger partial charge on any atom is 0.271 e. The van der Waals surface area contributed by atoms with Crippen molar-refractivity contribution in [2.45, 2.75) is 6.61 Å². The number of anilines is 2. The van der Waals surface area contributed by atoms with E-state index in [0.717, 1.165) is 27.6 Å². The van der Waals surface area contributed by atoms with Gasteiger partial charge in [-0.15, -0.1) is 11.3 Å². The van der Waals surface area contributed by atoms with E-state index in [2.05, 4.69) is 20.8 Å². The minimum atomic E-state index is -0.465. The molecule has 0 radical (unpaired) electrons. The van der Waals surface area contributed by atoms with Crippen molar-refractivity contribution in [3.8, 4) is 22.8 Å². The zero-order chi connectivity index (χ0) is 30.2. The van der Waals surface area contributed by atoms with Gasteiger partial charge in [-0.1, -0.05) is 41.9 Å². The number of nitrogens with one attached hydrogen (secondary N) is 2. The fraction of sp³-hybridized carbons (Fsp3) is 0.0645. The Morgan fingerprint density at radius 2 is 1.81 bits per heavy atom. The number of methoxy groups -OCH3 is 1. The van der Waals surface area contributed by atoms with Crippen molar-refractivity contribution in [1.29, 1.82) is 0 Å². The van der Waals surface area contributed by atoms with Crippen LogP contribution < -0.4 is 20.2 Å². The van der Waals surface area contributed by atoms with Crippen LogP contribution in [0.1, 0.15) is 21.5 Å². The van der Waals surface area contributed by atoms with Gasteiger partial charge in [0, 0.05) is 34.3 Å². The summed E-state index contributed by atoms with van der Waals surface area (Å²) in [5, 5.41) is 21.2. The van der Waals surface area contributed by atoms with Gasteiger partial charge >= 0.3 is 0 Å². The molecule has 0 saturated carbocycles. The number of non-ortho nitro benzene ring substituents is 1. The number of halogens is 1. The van der Waals surface area contributed by atoms with Crippen molar-refractivity contribution >= 4 is 51.6 Å². The summed E-state index contributed by atoms with van der Waals surface area (Å²) >= 11 is 7.94. The number of ether oxygens (including phenoxy) is 2. The average Bonchev–Trinajstić information content (AvgIpc) is 3.49. The molecule has 0 fully saturated rings. The van der Waals surface area contributed by atoms with Crippen LogP contribution in [0.25, 0.3) is 11.3 Å².